The lowest BCUT2D eigenvalue weighted by molar-refractivity contribution is 0.306. The molecule has 2 heterocycles. The van der Waals surface area contributed by atoms with E-state index in [-0.39, 0.29) is 17.7 Å². The number of hydrogen-bond acceptors (Lipinski definition) is 7. The molecule has 0 saturated heterocycles. The summed E-state index contributed by atoms with van der Waals surface area (Å²) in [6.07, 6.45) is 4.67. The van der Waals surface area contributed by atoms with Gasteiger partial charge in [0.1, 0.15) is 12.4 Å². The highest BCUT2D eigenvalue weighted by atomic mass is 32.2. The molecule has 0 fully saturated rings. The Balaban J connectivity index is 1.68. The molecule has 0 amide bonds. The van der Waals surface area contributed by atoms with Crippen LogP contribution in [0.3, 0.4) is 0 Å². The molecule has 2 aromatic carbocycles. The van der Waals surface area contributed by atoms with Gasteiger partial charge >= 0.3 is 5.76 Å². The lowest BCUT2D eigenvalue weighted by Crippen LogP contribution is -2.38. The Hall–Kier alpha value is -3.66. The molecular formula is C26H30N4O5S. The van der Waals surface area contributed by atoms with Crippen molar-refractivity contribution >= 4 is 21.9 Å². The van der Waals surface area contributed by atoms with Gasteiger partial charge in [0.2, 0.25) is 0 Å². The smallest absolute Gasteiger partial charge is 0.439 e. The van der Waals surface area contributed by atoms with Gasteiger partial charge in [0.15, 0.2) is 10.9 Å². The number of rotatable bonds is 8. The Morgan fingerprint density at radius 1 is 1.08 bits per heavy atom. The first kappa shape index (κ1) is 25.4. The molecule has 3 aromatic rings. The molecule has 1 aromatic heterocycles. The van der Waals surface area contributed by atoms with Gasteiger partial charge in [-0.2, -0.15) is 8.42 Å². The third kappa shape index (κ3) is 5.13. The standard InChI is InChI=1S/C26H30N4O5S/c1-16(2)30(36(32,33)24-8-6-7-11-27-24)22-13-17(3)18(4)14-23(22)34-15-21-10-9-20(12-19(21)5)25-28-26(31)35-29-25/h8-14,16H,6-7,15H2,1-5H3,(H,28,29,31). The average molecular weight is 511 g/mol. The number of allylic oxidation sites excluding steroid dienone is 1. The minimum Gasteiger partial charge on any atom is -0.487 e. The molecule has 0 radical (unpaired) electrons. The first-order valence-corrected chi connectivity index (χ1v) is 13.2. The van der Waals surface area contributed by atoms with E-state index in [0.717, 1.165) is 28.7 Å². The maximum Gasteiger partial charge on any atom is 0.439 e. The van der Waals surface area contributed by atoms with Crippen molar-refractivity contribution in [3.05, 3.63) is 74.2 Å². The van der Waals surface area contributed by atoms with Crippen molar-refractivity contribution in [2.24, 2.45) is 4.99 Å². The average Bonchev–Trinajstić information content (AvgIpc) is 3.27. The summed E-state index contributed by atoms with van der Waals surface area (Å²) in [6, 6.07) is 8.95. The van der Waals surface area contributed by atoms with Gasteiger partial charge in [-0.15, -0.1) is 0 Å². The molecule has 1 aliphatic rings. The van der Waals surface area contributed by atoms with Gasteiger partial charge in [0.05, 0.1) is 5.69 Å². The number of H-pyrrole nitrogens is 1. The number of aromatic amines is 1. The molecule has 0 atom stereocenters. The van der Waals surface area contributed by atoms with Crippen LogP contribution in [0.15, 0.2) is 55.7 Å². The quantitative estimate of drug-likeness (QED) is 0.466. The van der Waals surface area contributed by atoms with Crippen LogP contribution in [0.1, 0.15) is 48.9 Å². The van der Waals surface area contributed by atoms with Crippen molar-refractivity contribution < 1.29 is 17.7 Å². The van der Waals surface area contributed by atoms with E-state index in [2.05, 4.69) is 19.7 Å². The predicted molar refractivity (Wildman–Crippen MR) is 140 cm³/mol. The Morgan fingerprint density at radius 3 is 2.44 bits per heavy atom. The summed E-state index contributed by atoms with van der Waals surface area (Å²) in [5.41, 5.74) is 4.98. The van der Waals surface area contributed by atoms with Crippen molar-refractivity contribution in [2.75, 3.05) is 4.31 Å². The summed E-state index contributed by atoms with van der Waals surface area (Å²) < 4.78 is 39.5. The Bertz CT molecular complexity index is 1500. The van der Waals surface area contributed by atoms with Gasteiger partial charge in [-0.25, -0.2) is 9.79 Å². The Morgan fingerprint density at radius 2 is 1.83 bits per heavy atom. The van der Waals surface area contributed by atoms with Crippen LogP contribution < -0.4 is 14.8 Å². The third-order valence-corrected chi connectivity index (χ3v) is 8.01. The van der Waals surface area contributed by atoms with Crippen LogP contribution in [0.25, 0.3) is 11.4 Å². The first-order chi connectivity index (χ1) is 17.1. The summed E-state index contributed by atoms with van der Waals surface area (Å²) in [4.78, 5) is 18.0. The molecule has 9 nitrogen and oxygen atoms in total. The third-order valence-electron chi connectivity index (χ3n) is 6.08. The molecule has 0 saturated carbocycles. The summed E-state index contributed by atoms with van der Waals surface area (Å²) in [5, 5.41) is 3.79. The molecule has 1 aliphatic heterocycles. The predicted octanol–water partition coefficient (Wildman–Crippen LogP) is 4.78. The number of aromatic nitrogens is 2. The number of aryl methyl sites for hydroxylation is 3. The second-order valence-electron chi connectivity index (χ2n) is 9.10. The van der Waals surface area contributed by atoms with Crippen molar-refractivity contribution in [1.82, 2.24) is 10.1 Å². The number of sulfonamides is 1. The zero-order chi connectivity index (χ0) is 26.0. The number of benzene rings is 2. The molecule has 10 heteroatoms. The normalized spacial score (nSPS) is 13.7. The molecule has 1 N–H and O–H groups in total. The van der Waals surface area contributed by atoms with E-state index < -0.39 is 15.8 Å². The fourth-order valence-electron chi connectivity index (χ4n) is 4.02. The summed E-state index contributed by atoms with van der Waals surface area (Å²) in [6.45, 7) is 9.74. The minimum atomic E-state index is -3.88. The van der Waals surface area contributed by atoms with Crippen LogP contribution in [-0.4, -0.2) is 30.8 Å². The second kappa shape index (κ2) is 10.1. The fraction of sp³-hybridized carbons (Fsp3) is 0.346. The molecular weight excluding hydrogens is 480 g/mol. The molecule has 0 unspecified atom stereocenters. The second-order valence-corrected chi connectivity index (χ2v) is 10.9. The van der Waals surface area contributed by atoms with Crippen molar-refractivity contribution in [3.63, 3.8) is 0 Å². The van der Waals surface area contributed by atoms with Gasteiger partial charge in [0.25, 0.3) is 10.0 Å². The van der Waals surface area contributed by atoms with Crippen molar-refractivity contribution in [2.45, 2.75) is 60.1 Å². The summed E-state index contributed by atoms with van der Waals surface area (Å²) in [5.74, 6) is 0.209. The van der Waals surface area contributed by atoms with E-state index in [4.69, 9.17) is 4.74 Å². The van der Waals surface area contributed by atoms with Gasteiger partial charge < -0.3 is 4.74 Å². The van der Waals surface area contributed by atoms with Crippen LogP contribution in [0.2, 0.25) is 0 Å². The highest BCUT2D eigenvalue weighted by Gasteiger charge is 2.32. The van der Waals surface area contributed by atoms with Crippen LogP contribution in [-0.2, 0) is 16.6 Å². The number of nitrogens with zero attached hydrogens (tertiary/aromatic N) is 3. The van der Waals surface area contributed by atoms with Gasteiger partial charge in [0, 0.05) is 17.8 Å². The Labute approximate surface area is 210 Å². The van der Waals surface area contributed by atoms with Gasteiger partial charge in [-0.3, -0.25) is 13.8 Å². The molecule has 0 aliphatic carbocycles. The van der Waals surface area contributed by atoms with E-state index in [1.165, 1.54) is 4.31 Å². The zero-order valence-corrected chi connectivity index (χ0v) is 21.8. The van der Waals surface area contributed by atoms with E-state index in [9.17, 15) is 13.2 Å². The SMILES string of the molecule is Cc1cc(OCc2ccc(-c3noc(=O)[nH]3)cc2C)c(N(C(C)C)S(=O)(=O)C2=CCCC=N2)cc1C. The highest BCUT2D eigenvalue weighted by Crippen LogP contribution is 2.37. The van der Waals surface area contributed by atoms with Crippen LogP contribution in [0.5, 0.6) is 5.75 Å². The monoisotopic (exact) mass is 510 g/mol. The number of hydrogen-bond donors (Lipinski definition) is 1. The molecule has 0 bridgehead atoms. The van der Waals surface area contributed by atoms with Crippen molar-refractivity contribution in [1.29, 1.82) is 0 Å². The lowest BCUT2D eigenvalue weighted by atomic mass is 10.1. The van der Waals surface area contributed by atoms with E-state index in [0.29, 0.717) is 29.2 Å². The summed E-state index contributed by atoms with van der Waals surface area (Å²) >= 11 is 0. The van der Waals surface area contributed by atoms with Crippen LogP contribution >= 0.6 is 0 Å². The maximum absolute atomic E-state index is 13.6. The van der Waals surface area contributed by atoms with E-state index in [1.54, 1.807) is 12.3 Å². The first-order valence-electron chi connectivity index (χ1n) is 11.7. The number of ether oxygens (including phenoxy) is 1. The number of nitrogens with one attached hydrogen (secondary N) is 1. The Kier molecular flexibility index (Phi) is 7.16. The highest BCUT2D eigenvalue weighted by molar-refractivity contribution is 7.96. The molecule has 36 heavy (non-hydrogen) atoms. The maximum atomic E-state index is 13.6. The van der Waals surface area contributed by atoms with E-state index >= 15 is 0 Å². The lowest BCUT2D eigenvalue weighted by Gasteiger charge is -2.31. The zero-order valence-electron chi connectivity index (χ0n) is 21.0. The van der Waals surface area contributed by atoms with E-state index in [1.807, 2.05) is 65.0 Å². The largest absolute Gasteiger partial charge is 0.487 e. The summed E-state index contributed by atoms with van der Waals surface area (Å²) in [7, 11) is -3.88. The van der Waals surface area contributed by atoms with Gasteiger partial charge in [-0.1, -0.05) is 17.3 Å². The minimum absolute atomic E-state index is 0.0592. The van der Waals surface area contributed by atoms with Gasteiger partial charge in [-0.05, 0) is 94.0 Å². The van der Waals surface area contributed by atoms with Crippen LogP contribution in [0.4, 0.5) is 5.69 Å². The number of aliphatic imine (C=N–C) groups is 1. The fourth-order valence-corrected chi connectivity index (χ4v) is 5.72. The molecule has 0 spiro atoms. The topological polar surface area (TPSA) is 118 Å². The van der Waals surface area contributed by atoms with Crippen LogP contribution in [0, 0.1) is 20.8 Å². The van der Waals surface area contributed by atoms with Crippen molar-refractivity contribution in [3.8, 4) is 17.1 Å². The molecule has 4 rings (SSSR count). The number of anilines is 1. The molecule has 190 valence electrons.